The summed E-state index contributed by atoms with van der Waals surface area (Å²) >= 11 is 3.44. The number of pyridine rings is 1. The van der Waals surface area contributed by atoms with Crippen LogP contribution in [0.15, 0.2) is 52.1 Å². The summed E-state index contributed by atoms with van der Waals surface area (Å²) < 4.78 is 1.00. The number of aliphatic imine (C=N–C) groups is 1. The summed E-state index contributed by atoms with van der Waals surface area (Å²) in [4.78, 5) is 24.3. The molecule has 7 heteroatoms. The number of hydrogen-bond acceptors (Lipinski definition) is 2. The number of carbonyl (C=O) groups excluding carboxylic acids is 1. The molecule has 1 aliphatic rings. The minimum Gasteiger partial charge on any atom is -0.369 e. The van der Waals surface area contributed by atoms with Crippen LogP contribution in [0.1, 0.15) is 30.4 Å². The minimum absolute atomic E-state index is 0.0101. The summed E-state index contributed by atoms with van der Waals surface area (Å²) in [7, 11) is 1.76. The summed E-state index contributed by atoms with van der Waals surface area (Å²) in [5, 5.41) is 2.96. The Hall–Kier alpha value is -2.54. The van der Waals surface area contributed by atoms with Crippen molar-refractivity contribution < 1.29 is 9.79 Å². The van der Waals surface area contributed by atoms with Crippen molar-refractivity contribution in [2.45, 2.75) is 24.7 Å². The number of carbonyl (C=O) groups is 1. The Morgan fingerprint density at radius 2 is 2.04 bits per heavy atom. The Morgan fingerprint density at radius 1 is 1.31 bits per heavy atom. The molecular formula is C19H21BrN5O+. The number of nitrogens with two attached hydrogens (primary N) is 1. The molecule has 6 nitrogen and oxygen atoms in total. The quantitative estimate of drug-likeness (QED) is 0.520. The van der Waals surface area contributed by atoms with Gasteiger partial charge in [-0.25, -0.2) is 4.98 Å². The van der Waals surface area contributed by atoms with Crippen molar-refractivity contribution in [3.8, 4) is 0 Å². The lowest BCUT2D eigenvalue weighted by atomic mass is 9.64. The van der Waals surface area contributed by atoms with Crippen molar-refractivity contribution in [2.24, 2.45) is 10.7 Å². The Bertz CT molecular complexity index is 839. The standard InChI is InChI=1S/C19H20BrN5O/c1-22-17(24-12-21)13-3-8-16(23-11-13)25-18(26)19(9-2-10-19)14-4-6-15(20)7-5-14/h3-8,11-12H,2,9-10H2,1H3,(H2,21,22,24)(H,23,25,26)/p+1. The number of nitrogens with zero attached hydrogens (tertiary/aromatic N) is 2. The summed E-state index contributed by atoms with van der Waals surface area (Å²) in [5.74, 6) is 1.13. The van der Waals surface area contributed by atoms with Crippen molar-refractivity contribution in [1.29, 1.82) is 0 Å². The molecule has 2 aromatic rings. The van der Waals surface area contributed by atoms with E-state index in [4.69, 9.17) is 5.73 Å². The molecule has 1 fully saturated rings. The van der Waals surface area contributed by atoms with Gasteiger partial charge in [-0.1, -0.05) is 34.5 Å². The van der Waals surface area contributed by atoms with Gasteiger partial charge in [-0.15, -0.1) is 0 Å². The monoisotopic (exact) mass is 414 g/mol. The van der Waals surface area contributed by atoms with Crippen molar-refractivity contribution in [2.75, 3.05) is 12.4 Å². The summed E-state index contributed by atoms with van der Waals surface area (Å²) in [6.45, 7) is 0. The molecule has 1 aromatic carbocycles. The van der Waals surface area contributed by atoms with Gasteiger partial charge in [-0.2, -0.15) is 0 Å². The van der Waals surface area contributed by atoms with Crippen LogP contribution in [-0.4, -0.2) is 30.1 Å². The van der Waals surface area contributed by atoms with Gasteiger partial charge >= 0.3 is 5.84 Å². The molecule has 1 aromatic heterocycles. The van der Waals surface area contributed by atoms with Gasteiger partial charge in [-0.3, -0.25) is 9.79 Å². The van der Waals surface area contributed by atoms with E-state index < -0.39 is 5.41 Å². The first-order chi connectivity index (χ1) is 12.6. The highest BCUT2D eigenvalue weighted by Gasteiger charge is 2.45. The highest BCUT2D eigenvalue weighted by Crippen LogP contribution is 2.44. The number of amides is 1. The fraction of sp³-hybridized carbons (Fsp3) is 0.263. The van der Waals surface area contributed by atoms with E-state index in [-0.39, 0.29) is 5.91 Å². The van der Waals surface area contributed by atoms with Gasteiger partial charge in [-0.05, 0) is 47.7 Å². The molecule has 1 heterocycles. The van der Waals surface area contributed by atoms with Crippen LogP contribution in [-0.2, 0) is 10.2 Å². The number of rotatable bonds is 4. The first-order valence-electron chi connectivity index (χ1n) is 8.42. The molecule has 0 saturated heterocycles. The molecule has 0 atom stereocenters. The average molecular weight is 415 g/mol. The molecule has 3 rings (SSSR count). The van der Waals surface area contributed by atoms with E-state index in [2.05, 4.69) is 36.2 Å². The third kappa shape index (κ3) is 3.53. The van der Waals surface area contributed by atoms with E-state index in [9.17, 15) is 4.79 Å². The van der Waals surface area contributed by atoms with Crippen molar-refractivity contribution in [3.05, 3.63) is 58.2 Å². The number of amidine groups is 1. The average Bonchev–Trinajstić information content (AvgIpc) is 2.61. The molecule has 0 bridgehead atoms. The Labute approximate surface area is 160 Å². The maximum absolute atomic E-state index is 13.0. The second-order valence-electron chi connectivity index (χ2n) is 6.21. The fourth-order valence-corrected chi connectivity index (χ4v) is 3.41. The van der Waals surface area contributed by atoms with Gasteiger partial charge in [0, 0.05) is 10.7 Å². The van der Waals surface area contributed by atoms with E-state index in [0.717, 1.165) is 34.9 Å². The minimum atomic E-state index is -0.465. The van der Waals surface area contributed by atoms with E-state index in [1.54, 1.807) is 19.3 Å². The number of halogens is 1. The van der Waals surface area contributed by atoms with Gasteiger partial charge in [0.1, 0.15) is 5.82 Å². The lowest BCUT2D eigenvalue weighted by Gasteiger charge is -2.40. The molecule has 0 radical (unpaired) electrons. The number of aromatic nitrogens is 1. The summed E-state index contributed by atoms with van der Waals surface area (Å²) in [6, 6.07) is 11.6. The van der Waals surface area contributed by atoms with E-state index >= 15 is 0 Å². The maximum atomic E-state index is 13.0. The largest absolute Gasteiger partial charge is 0.369 e. The highest BCUT2D eigenvalue weighted by atomic mass is 79.9. The molecule has 0 spiro atoms. The summed E-state index contributed by atoms with van der Waals surface area (Å²) in [5.41, 5.74) is 6.71. The molecule has 1 amide bonds. The molecule has 26 heavy (non-hydrogen) atoms. The highest BCUT2D eigenvalue weighted by molar-refractivity contribution is 9.10. The number of benzene rings is 1. The molecule has 1 saturated carbocycles. The first-order valence-corrected chi connectivity index (χ1v) is 9.21. The van der Waals surface area contributed by atoms with Gasteiger partial charge in [0.15, 0.2) is 0 Å². The fourth-order valence-electron chi connectivity index (χ4n) is 3.15. The zero-order valence-corrected chi connectivity index (χ0v) is 16.1. The lowest BCUT2D eigenvalue weighted by Crippen LogP contribution is -2.67. The van der Waals surface area contributed by atoms with E-state index in [1.807, 2.05) is 30.3 Å². The lowest BCUT2D eigenvalue weighted by molar-refractivity contribution is -0.420. The third-order valence-electron chi connectivity index (χ3n) is 4.76. The zero-order chi connectivity index (χ0) is 18.6. The van der Waals surface area contributed by atoms with Crippen LogP contribution in [0.5, 0.6) is 0 Å². The zero-order valence-electron chi connectivity index (χ0n) is 14.5. The first kappa shape index (κ1) is 18.3. The van der Waals surface area contributed by atoms with Gasteiger partial charge in [0.05, 0.1) is 18.0 Å². The second kappa shape index (κ2) is 7.78. The second-order valence-corrected chi connectivity index (χ2v) is 7.12. The molecule has 1 aliphatic carbocycles. The molecule has 134 valence electrons. The van der Waals surface area contributed by atoms with Crippen LogP contribution in [0.3, 0.4) is 0 Å². The third-order valence-corrected chi connectivity index (χ3v) is 5.29. The van der Waals surface area contributed by atoms with Crippen LogP contribution in [0.2, 0.25) is 0 Å². The smallest absolute Gasteiger partial charge is 0.326 e. The van der Waals surface area contributed by atoms with Crippen LogP contribution in [0, 0.1) is 0 Å². The van der Waals surface area contributed by atoms with E-state index in [0.29, 0.717) is 11.7 Å². The van der Waals surface area contributed by atoms with Crippen molar-refractivity contribution in [1.82, 2.24) is 4.98 Å². The topological polar surface area (TPSA) is 94.3 Å². The van der Waals surface area contributed by atoms with Crippen LogP contribution < -0.4 is 16.0 Å². The normalized spacial score (nSPS) is 16.3. The number of nitrogens with one attached hydrogen (secondary N) is 2. The Morgan fingerprint density at radius 3 is 2.54 bits per heavy atom. The Balaban J connectivity index is 1.77. The van der Waals surface area contributed by atoms with Crippen molar-refractivity contribution >= 4 is 39.8 Å². The SMILES string of the molecule is C[NH+]=C(N=CN)c1ccc(NC(=O)C2(c3ccc(Br)cc3)CCC2)nc1. The van der Waals surface area contributed by atoms with Gasteiger partial charge in [0.25, 0.3) is 0 Å². The predicted octanol–water partition coefficient (Wildman–Crippen LogP) is 1.35. The van der Waals surface area contributed by atoms with Crippen LogP contribution >= 0.6 is 15.9 Å². The summed E-state index contributed by atoms with van der Waals surface area (Å²) in [6.07, 6.45) is 5.62. The molecule has 0 unspecified atom stereocenters. The van der Waals surface area contributed by atoms with Crippen molar-refractivity contribution in [3.63, 3.8) is 0 Å². The molecule has 4 N–H and O–H groups in total. The predicted molar refractivity (Wildman–Crippen MR) is 106 cm³/mol. The number of hydrogen-bond donors (Lipinski definition) is 3. The van der Waals surface area contributed by atoms with Gasteiger partial charge in [0.2, 0.25) is 12.2 Å². The van der Waals surface area contributed by atoms with Crippen LogP contribution in [0.4, 0.5) is 5.82 Å². The molecular weight excluding hydrogens is 394 g/mol. The van der Waals surface area contributed by atoms with Gasteiger partial charge < -0.3 is 11.1 Å². The van der Waals surface area contributed by atoms with E-state index in [1.165, 1.54) is 6.34 Å². The Kier molecular flexibility index (Phi) is 5.46. The number of anilines is 1. The van der Waals surface area contributed by atoms with Crippen LogP contribution in [0.25, 0.3) is 0 Å². The maximum Gasteiger partial charge on any atom is 0.326 e. The molecule has 0 aliphatic heterocycles.